The fraction of sp³-hybridized carbons (Fsp3) is 0.647. The minimum atomic E-state index is -3.38. The molecule has 134 valence electrons. The maximum absolute atomic E-state index is 12.6. The van der Waals surface area contributed by atoms with Gasteiger partial charge in [-0.25, -0.2) is 0 Å². The van der Waals surface area contributed by atoms with Gasteiger partial charge in [-0.1, -0.05) is 31.4 Å². The molecule has 1 saturated carbocycles. The van der Waals surface area contributed by atoms with Crippen molar-refractivity contribution in [2.24, 2.45) is 0 Å². The number of nitrogens with zero attached hydrogens (tertiary/aromatic N) is 2. The summed E-state index contributed by atoms with van der Waals surface area (Å²) in [5.41, 5.74) is 1.03. The van der Waals surface area contributed by atoms with Crippen molar-refractivity contribution < 1.29 is 13.2 Å². The molecule has 0 bridgehead atoms. The van der Waals surface area contributed by atoms with Crippen LogP contribution in [-0.2, 0) is 10.2 Å². The van der Waals surface area contributed by atoms with Gasteiger partial charge in [0.15, 0.2) is 0 Å². The third-order valence-corrected chi connectivity index (χ3v) is 6.60. The lowest BCUT2D eigenvalue weighted by atomic mass is 9.96. The molecule has 7 heteroatoms. The van der Waals surface area contributed by atoms with Gasteiger partial charge in [-0.3, -0.25) is 0 Å². The van der Waals surface area contributed by atoms with Crippen LogP contribution in [0, 0.1) is 0 Å². The average molecular weight is 353 g/mol. The van der Waals surface area contributed by atoms with E-state index in [2.05, 4.69) is 9.62 Å². The van der Waals surface area contributed by atoms with Crippen molar-refractivity contribution in [3.8, 4) is 5.75 Å². The van der Waals surface area contributed by atoms with Crippen molar-refractivity contribution in [3.05, 3.63) is 24.3 Å². The highest BCUT2D eigenvalue weighted by Gasteiger charge is 2.30. The Labute approximate surface area is 145 Å². The molecule has 1 N–H and O–H groups in total. The Bertz CT molecular complexity index is 636. The van der Waals surface area contributed by atoms with E-state index >= 15 is 0 Å². The normalized spacial score (nSPS) is 21.0. The number of anilines is 1. The van der Waals surface area contributed by atoms with Crippen molar-refractivity contribution in [2.75, 3.05) is 38.2 Å². The monoisotopic (exact) mass is 353 g/mol. The minimum Gasteiger partial charge on any atom is -0.495 e. The standard InChI is InChI=1S/C17H27N3O3S/c1-23-17-10-6-5-9-16(17)19-11-13-20(14-12-19)24(21,22)18-15-7-3-2-4-8-15/h5-6,9-10,15,18H,2-4,7-8,11-14H2,1H3. The Morgan fingerprint density at radius 1 is 1.04 bits per heavy atom. The Morgan fingerprint density at radius 3 is 2.38 bits per heavy atom. The molecule has 1 aromatic carbocycles. The van der Waals surface area contributed by atoms with Crippen molar-refractivity contribution >= 4 is 15.9 Å². The number of piperazine rings is 1. The second-order valence-corrected chi connectivity index (χ2v) is 8.22. The molecule has 1 heterocycles. The van der Waals surface area contributed by atoms with Gasteiger partial charge in [0.1, 0.15) is 5.75 Å². The highest BCUT2D eigenvalue weighted by Crippen LogP contribution is 2.28. The van der Waals surface area contributed by atoms with Crippen LogP contribution in [0.4, 0.5) is 5.69 Å². The third-order valence-electron chi connectivity index (χ3n) is 4.93. The van der Waals surface area contributed by atoms with Crippen LogP contribution < -0.4 is 14.4 Å². The molecular weight excluding hydrogens is 326 g/mol. The zero-order chi connectivity index (χ0) is 17.0. The topological polar surface area (TPSA) is 61.9 Å². The van der Waals surface area contributed by atoms with Crippen molar-refractivity contribution in [2.45, 2.75) is 38.1 Å². The number of methoxy groups -OCH3 is 1. The maximum atomic E-state index is 12.6. The van der Waals surface area contributed by atoms with Crippen LogP contribution in [-0.4, -0.2) is 52.1 Å². The van der Waals surface area contributed by atoms with E-state index in [1.54, 1.807) is 11.4 Å². The van der Waals surface area contributed by atoms with Crippen LogP contribution in [0.5, 0.6) is 5.75 Å². The van der Waals surface area contributed by atoms with E-state index in [9.17, 15) is 8.42 Å². The summed E-state index contributed by atoms with van der Waals surface area (Å²) in [6, 6.07) is 7.98. The Hall–Kier alpha value is -1.31. The largest absolute Gasteiger partial charge is 0.495 e. The zero-order valence-corrected chi connectivity index (χ0v) is 15.1. The van der Waals surface area contributed by atoms with Gasteiger partial charge in [0.25, 0.3) is 10.2 Å². The number of rotatable bonds is 5. The van der Waals surface area contributed by atoms with Crippen molar-refractivity contribution in [3.63, 3.8) is 0 Å². The van der Waals surface area contributed by atoms with Gasteiger partial charge in [0.05, 0.1) is 12.8 Å². The molecule has 0 spiro atoms. The molecule has 2 fully saturated rings. The SMILES string of the molecule is COc1ccccc1N1CCN(S(=O)(=O)NC2CCCCC2)CC1. The van der Waals surface area contributed by atoms with Gasteiger partial charge in [-0.05, 0) is 25.0 Å². The summed E-state index contributed by atoms with van der Waals surface area (Å²) in [6.45, 7) is 2.35. The van der Waals surface area contributed by atoms with Gasteiger partial charge < -0.3 is 9.64 Å². The maximum Gasteiger partial charge on any atom is 0.279 e. The molecule has 0 aromatic heterocycles. The Balaban J connectivity index is 1.59. The summed E-state index contributed by atoms with van der Waals surface area (Å²) in [5.74, 6) is 0.828. The quantitative estimate of drug-likeness (QED) is 0.879. The lowest BCUT2D eigenvalue weighted by molar-refractivity contribution is 0.354. The third kappa shape index (κ3) is 4.02. The summed E-state index contributed by atoms with van der Waals surface area (Å²) in [6.07, 6.45) is 5.38. The highest BCUT2D eigenvalue weighted by molar-refractivity contribution is 7.87. The van der Waals surface area contributed by atoms with Gasteiger partial charge in [-0.2, -0.15) is 17.4 Å². The van der Waals surface area contributed by atoms with Crippen molar-refractivity contribution in [1.82, 2.24) is 9.03 Å². The summed E-state index contributed by atoms with van der Waals surface area (Å²) < 4.78 is 35.1. The predicted octanol–water partition coefficient (Wildman–Crippen LogP) is 1.98. The molecule has 0 unspecified atom stereocenters. The van der Waals surface area contributed by atoms with E-state index in [1.807, 2.05) is 24.3 Å². The Kier molecular flexibility index (Phi) is 5.63. The molecule has 0 amide bonds. The molecule has 3 rings (SSSR count). The molecule has 24 heavy (non-hydrogen) atoms. The smallest absolute Gasteiger partial charge is 0.279 e. The van der Waals surface area contributed by atoms with Crippen LogP contribution in [0.15, 0.2) is 24.3 Å². The fourth-order valence-corrected chi connectivity index (χ4v) is 5.02. The van der Waals surface area contributed by atoms with Crippen LogP contribution in [0.25, 0.3) is 0 Å². The number of benzene rings is 1. The van der Waals surface area contributed by atoms with E-state index in [0.717, 1.165) is 37.1 Å². The molecule has 1 saturated heterocycles. The summed E-state index contributed by atoms with van der Waals surface area (Å²) >= 11 is 0. The lowest BCUT2D eigenvalue weighted by Crippen LogP contribution is -2.54. The Morgan fingerprint density at radius 2 is 1.71 bits per heavy atom. The molecule has 0 radical (unpaired) electrons. The molecule has 2 aliphatic rings. The van der Waals surface area contributed by atoms with E-state index in [0.29, 0.717) is 26.2 Å². The van der Waals surface area contributed by atoms with Crippen molar-refractivity contribution in [1.29, 1.82) is 0 Å². The number of hydrogen-bond acceptors (Lipinski definition) is 4. The average Bonchev–Trinajstić information content (AvgIpc) is 2.62. The molecule has 1 aromatic rings. The van der Waals surface area contributed by atoms with Crippen LogP contribution >= 0.6 is 0 Å². The number of ether oxygens (including phenoxy) is 1. The molecule has 0 atom stereocenters. The van der Waals surface area contributed by atoms with E-state index < -0.39 is 10.2 Å². The molecule has 6 nitrogen and oxygen atoms in total. The summed E-state index contributed by atoms with van der Waals surface area (Å²) in [7, 11) is -1.72. The molecular formula is C17H27N3O3S. The fourth-order valence-electron chi connectivity index (χ4n) is 3.57. The first kappa shape index (κ1) is 17.5. The van der Waals surface area contributed by atoms with Gasteiger partial charge in [0, 0.05) is 32.2 Å². The first-order valence-corrected chi connectivity index (χ1v) is 10.2. The minimum absolute atomic E-state index is 0.107. The van der Waals surface area contributed by atoms with Gasteiger partial charge in [-0.15, -0.1) is 0 Å². The summed E-state index contributed by atoms with van der Waals surface area (Å²) in [4.78, 5) is 2.19. The van der Waals surface area contributed by atoms with E-state index in [1.165, 1.54) is 6.42 Å². The zero-order valence-electron chi connectivity index (χ0n) is 14.3. The predicted molar refractivity (Wildman–Crippen MR) is 95.7 cm³/mol. The second kappa shape index (κ2) is 7.72. The number of para-hydroxylation sites is 2. The van der Waals surface area contributed by atoms with E-state index in [4.69, 9.17) is 4.74 Å². The van der Waals surface area contributed by atoms with Gasteiger partial charge in [0.2, 0.25) is 0 Å². The molecule has 1 aliphatic heterocycles. The molecule has 1 aliphatic carbocycles. The van der Waals surface area contributed by atoms with Gasteiger partial charge >= 0.3 is 0 Å². The van der Waals surface area contributed by atoms with Crippen LogP contribution in [0.2, 0.25) is 0 Å². The highest BCUT2D eigenvalue weighted by atomic mass is 32.2. The first-order chi connectivity index (χ1) is 11.6. The van der Waals surface area contributed by atoms with Crippen LogP contribution in [0.1, 0.15) is 32.1 Å². The number of nitrogens with one attached hydrogen (secondary N) is 1. The van der Waals surface area contributed by atoms with E-state index in [-0.39, 0.29) is 6.04 Å². The number of hydrogen-bond donors (Lipinski definition) is 1. The van der Waals surface area contributed by atoms with Crippen LogP contribution in [0.3, 0.4) is 0 Å². The second-order valence-electron chi connectivity index (χ2n) is 6.52. The first-order valence-electron chi connectivity index (χ1n) is 8.75. The lowest BCUT2D eigenvalue weighted by Gasteiger charge is -2.36. The summed E-state index contributed by atoms with van der Waals surface area (Å²) in [5, 5.41) is 0.